The molecule has 0 fully saturated rings. The third-order valence-corrected chi connectivity index (χ3v) is 8.52. The average molecular weight is 282 g/mol. The fourth-order valence-corrected chi connectivity index (χ4v) is 5.62. The number of rotatable bonds is 2. The number of aromatic amines is 1. The number of aromatic nitrogens is 1. The summed E-state index contributed by atoms with van der Waals surface area (Å²) in [6, 6.07) is 4.34. The van der Waals surface area contributed by atoms with Gasteiger partial charge in [0, 0.05) is 0 Å². The summed E-state index contributed by atoms with van der Waals surface area (Å²) in [4.78, 5) is 3.37. The first-order chi connectivity index (χ1) is 6.21. The van der Waals surface area contributed by atoms with Crippen molar-refractivity contribution in [2.24, 2.45) is 0 Å². The van der Waals surface area contributed by atoms with E-state index in [1.165, 1.54) is 10.4 Å². The Kier molecular flexibility index (Phi) is 5.98. The molecule has 0 saturated carbocycles. The van der Waals surface area contributed by atoms with E-state index in [1.807, 2.05) is 6.20 Å². The van der Waals surface area contributed by atoms with Gasteiger partial charge < -0.3 is 0 Å². The Balaban J connectivity index is 0.000000980. The Bertz CT molecular complexity index is 353. The maximum atomic E-state index is 3.37. The van der Waals surface area contributed by atoms with Crippen molar-refractivity contribution in [2.75, 3.05) is 0 Å². The number of nitrogens with one attached hydrogen (secondary N) is 1. The van der Waals surface area contributed by atoms with Crippen LogP contribution in [0, 0.1) is 0 Å². The molecule has 15 heavy (non-hydrogen) atoms. The van der Waals surface area contributed by atoms with E-state index in [0.29, 0.717) is 0 Å². The fourth-order valence-electron chi connectivity index (χ4n) is 1.80. The van der Waals surface area contributed by atoms with Gasteiger partial charge in [-0.3, -0.25) is 0 Å². The molecule has 0 spiro atoms. The van der Waals surface area contributed by atoms with Crippen molar-refractivity contribution in [3.8, 4) is 0 Å². The van der Waals surface area contributed by atoms with Gasteiger partial charge in [0.2, 0.25) is 0 Å². The molecule has 84 valence electrons. The Hall–Kier alpha value is 0.0543. The van der Waals surface area contributed by atoms with E-state index in [1.54, 1.807) is 3.88 Å². The van der Waals surface area contributed by atoms with Crippen LogP contribution in [0.15, 0.2) is 40.4 Å². The molecular formula is C11H17Cl2NTi. The Morgan fingerprint density at radius 1 is 1.27 bits per heavy atom. The topological polar surface area (TPSA) is 15.8 Å². The van der Waals surface area contributed by atoms with E-state index in [-0.39, 0.29) is 24.8 Å². The fraction of sp³-hybridized carbons (Fsp3) is 0.273. The molecule has 1 aliphatic carbocycles. The molecule has 0 aromatic carbocycles. The second kappa shape index (κ2) is 5.96. The number of H-pyrrole nitrogens is 1. The summed E-state index contributed by atoms with van der Waals surface area (Å²) in [5, 5.41) is 4.90. The molecule has 1 aromatic heterocycles. The van der Waals surface area contributed by atoms with Crippen LogP contribution in [0.1, 0.15) is 6.42 Å². The van der Waals surface area contributed by atoms with Gasteiger partial charge in [0.1, 0.15) is 0 Å². The van der Waals surface area contributed by atoms with Crippen molar-refractivity contribution in [3.05, 3.63) is 40.4 Å². The average Bonchev–Trinajstić information content (AvgIpc) is 2.78. The zero-order chi connectivity index (χ0) is 9.31. The van der Waals surface area contributed by atoms with Crippen molar-refractivity contribution in [2.45, 2.75) is 16.9 Å². The molecule has 0 amide bonds. The van der Waals surface area contributed by atoms with Crippen molar-refractivity contribution in [1.29, 1.82) is 0 Å². The molecular weight excluding hydrogens is 265 g/mol. The molecule has 1 nitrogen and oxygen atoms in total. The van der Waals surface area contributed by atoms with Crippen LogP contribution in [-0.2, 0) is 16.6 Å². The van der Waals surface area contributed by atoms with Crippen LogP contribution in [0.25, 0.3) is 0 Å². The Morgan fingerprint density at radius 2 is 2.00 bits per heavy atom. The molecule has 0 bridgehead atoms. The van der Waals surface area contributed by atoms with E-state index in [4.69, 9.17) is 0 Å². The molecule has 0 saturated heterocycles. The Labute approximate surface area is 107 Å². The molecule has 1 heterocycles. The second-order valence-electron chi connectivity index (χ2n) is 4.03. The predicted octanol–water partition coefficient (Wildman–Crippen LogP) is 3.58. The summed E-state index contributed by atoms with van der Waals surface area (Å²) < 4.78 is 3.15. The number of hydrogen-bond acceptors (Lipinski definition) is 0. The van der Waals surface area contributed by atoms with Gasteiger partial charge in [0.25, 0.3) is 0 Å². The van der Waals surface area contributed by atoms with Crippen LogP contribution in [0.4, 0.5) is 0 Å². The molecule has 0 atom stereocenters. The first-order valence-electron chi connectivity index (χ1n) is 4.71. The quantitative estimate of drug-likeness (QED) is 0.798. The number of hydrogen-bond donors (Lipinski definition) is 1. The Morgan fingerprint density at radius 3 is 2.47 bits per heavy atom. The van der Waals surface area contributed by atoms with Crippen molar-refractivity contribution in [1.82, 2.24) is 4.98 Å². The van der Waals surface area contributed by atoms with E-state index >= 15 is 0 Å². The molecule has 2 rings (SSSR count). The summed E-state index contributed by atoms with van der Waals surface area (Å²) in [5.74, 6) is 0. The number of halogens is 2. The van der Waals surface area contributed by atoms with Crippen LogP contribution < -0.4 is 4.00 Å². The summed E-state index contributed by atoms with van der Waals surface area (Å²) in [7, 11) is 0. The third kappa shape index (κ3) is 3.01. The zero-order valence-electron chi connectivity index (χ0n) is 8.99. The first kappa shape index (κ1) is 15.1. The predicted molar refractivity (Wildman–Crippen MR) is 68.5 cm³/mol. The minimum absolute atomic E-state index is 0. The summed E-state index contributed by atoms with van der Waals surface area (Å²) in [6.07, 6.45) is 9.95. The molecule has 1 aromatic rings. The molecule has 1 N–H and O–H groups in total. The van der Waals surface area contributed by atoms with Crippen molar-refractivity contribution in [3.63, 3.8) is 0 Å². The van der Waals surface area contributed by atoms with Crippen LogP contribution in [-0.4, -0.2) is 4.98 Å². The minimum atomic E-state index is -1.88. The van der Waals surface area contributed by atoms with E-state index < -0.39 is 16.6 Å². The van der Waals surface area contributed by atoms with E-state index in [9.17, 15) is 0 Å². The van der Waals surface area contributed by atoms with Gasteiger partial charge >= 0.3 is 82.9 Å². The maximum absolute atomic E-state index is 3.37. The van der Waals surface area contributed by atoms with Crippen molar-refractivity contribution < 1.29 is 16.6 Å². The summed E-state index contributed by atoms with van der Waals surface area (Å²) >= 11 is -1.88. The van der Waals surface area contributed by atoms with Gasteiger partial charge in [0.15, 0.2) is 0 Å². The standard InChI is InChI=1S/C5H5.C4H4N.2CH3.2ClH.Ti/c2*1-2-4-5-3-1;;;;;/h1-3H,4H2;1-3,5H;2*1H3;2*1H;. The molecule has 0 radical (unpaired) electrons. The molecule has 4 heteroatoms. The monoisotopic (exact) mass is 281 g/mol. The summed E-state index contributed by atoms with van der Waals surface area (Å²) in [5.41, 5.74) is 0. The van der Waals surface area contributed by atoms with Crippen LogP contribution >= 0.6 is 24.8 Å². The molecule has 1 aliphatic rings. The first-order valence-corrected chi connectivity index (χ1v) is 9.40. The van der Waals surface area contributed by atoms with E-state index in [0.717, 1.165) is 0 Å². The van der Waals surface area contributed by atoms with Crippen LogP contribution in [0.3, 0.4) is 0 Å². The van der Waals surface area contributed by atoms with Gasteiger partial charge in [-0.05, 0) is 0 Å². The van der Waals surface area contributed by atoms with Crippen molar-refractivity contribution >= 4 is 28.8 Å². The normalized spacial score (nSPS) is 14.1. The van der Waals surface area contributed by atoms with Crippen LogP contribution in [0.5, 0.6) is 0 Å². The van der Waals surface area contributed by atoms with Gasteiger partial charge in [0.05, 0.1) is 0 Å². The molecule has 0 aliphatic heterocycles. The van der Waals surface area contributed by atoms with Gasteiger partial charge in [-0.2, -0.15) is 0 Å². The summed E-state index contributed by atoms with van der Waals surface area (Å²) in [6.45, 7) is 0. The van der Waals surface area contributed by atoms with Crippen LogP contribution in [0.2, 0.25) is 10.5 Å². The third-order valence-electron chi connectivity index (χ3n) is 2.85. The van der Waals surface area contributed by atoms with E-state index in [2.05, 4.69) is 45.8 Å². The number of allylic oxidation sites excluding steroid dienone is 4. The van der Waals surface area contributed by atoms with Gasteiger partial charge in [-0.25, -0.2) is 0 Å². The second-order valence-corrected chi connectivity index (χ2v) is 11.0. The molecule has 0 unspecified atom stereocenters. The SMILES string of the molecule is Cl.Cl.[CH3][Ti]([CH3])([C]1=CC=CC1)[c]1ccc[nH]1. The van der Waals surface area contributed by atoms with Gasteiger partial charge in [-0.1, -0.05) is 0 Å². The zero-order valence-corrected chi connectivity index (χ0v) is 12.2. The van der Waals surface area contributed by atoms with Gasteiger partial charge in [-0.15, -0.1) is 24.8 Å².